The summed E-state index contributed by atoms with van der Waals surface area (Å²) < 4.78 is 10.6. The van der Waals surface area contributed by atoms with E-state index in [1.54, 1.807) is 18.4 Å². The fourth-order valence-corrected chi connectivity index (χ4v) is 2.55. The molecule has 1 unspecified atom stereocenters. The molecule has 0 spiro atoms. The van der Waals surface area contributed by atoms with Crippen LogP contribution < -0.4 is 0 Å². The molecular weight excluding hydrogens is 292 g/mol. The molecule has 0 aliphatic carbocycles. The fourth-order valence-electron chi connectivity index (χ4n) is 2.55. The number of hydrogen-bond acceptors (Lipinski definition) is 5. The molecule has 0 saturated carbocycles. The van der Waals surface area contributed by atoms with Crippen molar-refractivity contribution in [2.24, 2.45) is 0 Å². The quantitative estimate of drug-likeness (QED) is 0.725. The number of nitrogens with zero attached hydrogens (tertiary/aromatic N) is 2. The van der Waals surface area contributed by atoms with E-state index in [1.165, 1.54) is 5.56 Å². The van der Waals surface area contributed by atoms with Crippen molar-refractivity contribution < 1.29 is 14.0 Å². The second-order valence-electron chi connectivity index (χ2n) is 5.62. The molecule has 0 radical (unpaired) electrons. The summed E-state index contributed by atoms with van der Waals surface area (Å²) in [6.45, 7) is 3.63. The van der Waals surface area contributed by atoms with Gasteiger partial charge in [0.15, 0.2) is 5.76 Å². The van der Waals surface area contributed by atoms with E-state index < -0.39 is 6.10 Å². The predicted octanol–water partition coefficient (Wildman–Crippen LogP) is 3.31. The van der Waals surface area contributed by atoms with Crippen molar-refractivity contribution in [2.75, 3.05) is 6.54 Å². The van der Waals surface area contributed by atoms with Gasteiger partial charge >= 0.3 is 0 Å². The lowest BCUT2D eigenvalue weighted by Crippen LogP contribution is -2.27. The molecule has 5 nitrogen and oxygen atoms in total. The maximum Gasteiger partial charge on any atom is 0.150 e. The Morgan fingerprint density at radius 3 is 2.61 bits per heavy atom. The summed E-state index contributed by atoms with van der Waals surface area (Å²) in [6.07, 6.45) is 0.887. The number of rotatable bonds is 7. The number of furan rings is 1. The first kappa shape index (κ1) is 15.5. The third kappa shape index (κ3) is 4.31. The minimum atomic E-state index is -0.683. The maximum atomic E-state index is 10.4. The van der Waals surface area contributed by atoms with Gasteiger partial charge in [-0.1, -0.05) is 35.5 Å². The molecule has 3 aromatic rings. The number of aliphatic hydroxyl groups is 1. The SMILES string of the molecule is Cc1cc(CN(Cc2ccccc2)CC(O)c2ccco2)on1. The summed E-state index contributed by atoms with van der Waals surface area (Å²) in [7, 11) is 0. The van der Waals surface area contributed by atoms with Gasteiger partial charge in [0, 0.05) is 19.2 Å². The van der Waals surface area contributed by atoms with E-state index in [0.29, 0.717) is 25.4 Å². The highest BCUT2D eigenvalue weighted by Crippen LogP contribution is 2.18. The molecule has 1 aromatic carbocycles. The topological polar surface area (TPSA) is 62.6 Å². The van der Waals surface area contributed by atoms with Crippen LogP contribution >= 0.6 is 0 Å². The number of benzene rings is 1. The van der Waals surface area contributed by atoms with Crippen molar-refractivity contribution in [3.05, 3.63) is 77.6 Å². The van der Waals surface area contributed by atoms with Gasteiger partial charge in [-0.15, -0.1) is 0 Å². The number of aliphatic hydroxyl groups excluding tert-OH is 1. The molecule has 5 heteroatoms. The summed E-state index contributed by atoms with van der Waals surface area (Å²) in [5, 5.41) is 14.3. The van der Waals surface area contributed by atoms with Gasteiger partial charge in [0.2, 0.25) is 0 Å². The largest absolute Gasteiger partial charge is 0.467 e. The molecule has 2 heterocycles. The van der Waals surface area contributed by atoms with Gasteiger partial charge in [0.25, 0.3) is 0 Å². The van der Waals surface area contributed by atoms with Crippen molar-refractivity contribution in [2.45, 2.75) is 26.1 Å². The van der Waals surface area contributed by atoms with E-state index in [0.717, 1.165) is 11.5 Å². The van der Waals surface area contributed by atoms with Gasteiger partial charge in [-0.3, -0.25) is 4.90 Å². The summed E-state index contributed by atoms with van der Waals surface area (Å²) in [5.74, 6) is 1.35. The summed E-state index contributed by atoms with van der Waals surface area (Å²) in [6, 6.07) is 15.6. The fraction of sp³-hybridized carbons (Fsp3) is 0.278. The van der Waals surface area contributed by atoms with Crippen molar-refractivity contribution in [1.29, 1.82) is 0 Å². The highest BCUT2D eigenvalue weighted by molar-refractivity contribution is 5.15. The molecular formula is C18H20N2O3. The highest BCUT2D eigenvalue weighted by atomic mass is 16.5. The minimum Gasteiger partial charge on any atom is -0.467 e. The normalized spacial score (nSPS) is 12.7. The van der Waals surface area contributed by atoms with Crippen LogP contribution in [0.15, 0.2) is 63.7 Å². The molecule has 0 aliphatic rings. The van der Waals surface area contributed by atoms with Crippen LogP contribution in [0.2, 0.25) is 0 Å². The first-order valence-electron chi connectivity index (χ1n) is 7.60. The lowest BCUT2D eigenvalue weighted by molar-refractivity contribution is 0.0825. The molecule has 0 fully saturated rings. The Labute approximate surface area is 135 Å². The molecule has 2 aromatic heterocycles. The highest BCUT2D eigenvalue weighted by Gasteiger charge is 2.18. The van der Waals surface area contributed by atoms with E-state index in [4.69, 9.17) is 8.94 Å². The number of hydrogen-bond donors (Lipinski definition) is 1. The lowest BCUT2D eigenvalue weighted by Gasteiger charge is -2.23. The first-order chi connectivity index (χ1) is 11.2. The standard InChI is InChI=1S/C18H20N2O3/c1-14-10-16(23-19-14)12-20(11-15-6-3-2-4-7-15)13-17(21)18-8-5-9-22-18/h2-10,17,21H,11-13H2,1H3. The Morgan fingerprint density at radius 2 is 1.96 bits per heavy atom. The van der Waals surface area contributed by atoms with Crippen LogP contribution in [0.1, 0.15) is 28.9 Å². The number of aryl methyl sites for hydroxylation is 1. The Morgan fingerprint density at radius 1 is 1.13 bits per heavy atom. The van der Waals surface area contributed by atoms with E-state index in [-0.39, 0.29) is 0 Å². The van der Waals surface area contributed by atoms with Gasteiger partial charge < -0.3 is 14.0 Å². The third-order valence-corrected chi connectivity index (χ3v) is 3.61. The van der Waals surface area contributed by atoms with Gasteiger partial charge in [0.1, 0.15) is 11.9 Å². The maximum absolute atomic E-state index is 10.4. The predicted molar refractivity (Wildman–Crippen MR) is 85.5 cm³/mol. The van der Waals surface area contributed by atoms with Gasteiger partial charge in [0.05, 0.1) is 18.5 Å². The van der Waals surface area contributed by atoms with Gasteiger partial charge in [-0.05, 0) is 24.6 Å². The second kappa shape index (κ2) is 7.26. The smallest absolute Gasteiger partial charge is 0.150 e. The van der Waals surface area contributed by atoms with Crippen LogP contribution in [-0.4, -0.2) is 21.7 Å². The van der Waals surface area contributed by atoms with Crippen LogP contribution in [0.3, 0.4) is 0 Å². The van der Waals surface area contributed by atoms with Crippen LogP contribution in [-0.2, 0) is 13.1 Å². The number of aromatic nitrogens is 1. The molecule has 3 rings (SSSR count). The molecule has 1 atom stereocenters. The summed E-state index contributed by atoms with van der Waals surface area (Å²) >= 11 is 0. The zero-order valence-corrected chi connectivity index (χ0v) is 13.1. The Bertz CT molecular complexity index is 707. The van der Waals surface area contributed by atoms with Crippen molar-refractivity contribution in [3.8, 4) is 0 Å². The van der Waals surface area contributed by atoms with E-state index in [1.807, 2.05) is 31.2 Å². The van der Waals surface area contributed by atoms with Crippen molar-refractivity contribution >= 4 is 0 Å². The summed E-state index contributed by atoms with van der Waals surface area (Å²) in [5.41, 5.74) is 2.03. The van der Waals surface area contributed by atoms with Crippen LogP contribution in [0.4, 0.5) is 0 Å². The molecule has 0 aliphatic heterocycles. The second-order valence-corrected chi connectivity index (χ2v) is 5.62. The third-order valence-electron chi connectivity index (χ3n) is 3.61. The van der Waals surface area contributed by atoms with Crippen LogP contribution in [0, 0.1) is 6.92 Å². The molecule has 0 saturated heterocycles. The Kier molecular flexibility index (Phi) is 4.90. The molecule has 1 N–H and O–H groups in total. The molecule has 23 heavy (non-hydrogen) atoms. The first-order valence-corrected chi connectivity index (χ1v) is 7.60. The molecule has 120 valence electrons. The van der Waals surface area contributed by atoms with Crippen molar-refractivity contribution in [1.82, 2.24) is 10.1 Å². The van der Waals surface area contributed by atoms with Gasteiger partial charge in [-0.25, -0.2) is 0 Å². The lowest BCUT2D eigenvalue weighted by atomic mass is 10.2. The molecule has 0 bridgehead atoms. The Hall–Kier alpha value is -2.37. The van der Waals surface area contributed by atoms with Crippen LogP contribution in [0.25, 0.3) is 0 Å². The minimum absolute atomic E-state index is 0.447. The van der Waals surface area contributed by atoms with E-state index in [9.17, 15) is 5.11 Å². The average molecular weight is 312 g/mol. The van der Waals surface area contributed by atoms with E-state index in [2.05, 4.69) is 22.2 Å². The van der Waals surface area contributed by atoms with E-state index >= 15 is 0 Å². The summed E-state index contributed by atoms with van der Waals surface area (Å²) in [4.78, 5) is 2.11. The average Bonchev–Trinajstić information content (AvgIpc) is 3.20. The Balaban J connectivity index is 1.72. The van der Waals surface area contributed by atoms with Gasteiger partial charge in [-0.2, -0.15) is 0 Å². The monoisotopic (exact) mass is 312 g/mol. The molecule has 0 amide bonds. The van der Waals surface area contributed by atoms with Crippen LogP contribution in [0.5, 0.6) is 0 Å². The van der Waals surface area contributed by atoms with Crippen molar-refractivity contribution in [3.63, 3.8) is 0 Å². The zero-order valence-electron chi connectivity index (χ0n) is 13.1. The zero-order chi connectivity index (χ0) is 16.1.